The summed E-state index contributed by atoms with van der Waals surface area (Å²) in [5.41, 5.74) is 2.09. The molecule has 1 aliphatic rings. The van der Waals surface area contributed by atoms with Gasteiger partial charge in [0.1, 0.15) is 11.1 Å². The Balaban J connectivity index is 1.71. The van der Waals surface area contributed by atoms with Gasteiger partial charge in [0.2, 0.25) is 0 Å². The number of thioether (sulfide) groups is 1. The van der Waals surface area contributed by atoms with E-state index >= 15 is 0 Å². The molecule has 0 amide bonds. The van der Waals surface area contributed by atoms with Crippen LogP contribution in [0, 0.1) is 0 Å². The number of hydrogen-bond donors (Lipinski definition) is 0. The number of halogens is 1. The molecule has 0 aliphatic carbocycles. The van der Waals surface area contributed by atoms with Gasteiger partial charge in [-0.1, -0.05) is 28.9 Å². The minimum atomic E-state index is 0.0453. The highest BCUT2D eigenvalue weighted by atomic mass is 35.5. The Morgan fingerprint density at radius 2 is 2.22 bits per heavy atom. The lowest BCUT2D eigenvalue weighted by Gasteiger charge is -2.03. The summed E-state index contributed by atoms with van der Waals surface area (Å²) in [6.07, 6.45) is 1.94. The van der Waals surface area contributed by atoms with Gasteiger partial charge >= 0.3 is 0 Å². The molecule has 1 aromatic heterocycles. The number of ether oxygens (including phenoxy) is 1. The van der Waals surface area contributed by atoms with Crippen molar-refractivity contribution < 1.29 is 4.74 Å². The lowest BCUT2D eigenvalue weighted by Crippen LogP contribution is -2.00. The van der Waals surface area contributed by atoms with Gasteiger partial charge in [0.25, 0.3) is 0 Å². The van der Waals surface area contributed by atoms with Crippen LogP contribution in [0.2, 0.25) is 5.02 Å². The van der Waals surface area contributed by atoms with E-state index in [1.807, 2.05) is 35.1 Å². The fourth-order valence-electron chi connectivity index (χ4n) is 1.80. The van der Waals surface area contributed by atoms with Gasteiger partial charge in [0, 0.05) is 10.8 Å². The number of benzene rings is 1. The van der Waals surface area contributed by atoms with E-state index in [2.05, 4.69) is 10.3 Å². The molecular formula is C12H12ClN3OS. The summed E-state index contributed by atoms with van der Waals surface area (Å²) in [6.45, 7) is 1.49. The van der Waals surface area contributed by atoms with Crippen LogP contribution in [0.4, 0.5) is 0 Å². The van der Waals surface area contributed by atoms with Crippen molar-refractivity contribution >= 4 is 23.4 Å². The summed E-state index contributed by atoms with van der Waals surface area (Å²) in [4.78, 5) is 0. The minimum Gasteiger partial charge on any atom is -0.360 e. The summed E-state index contributed by atoms with van der Waals surface area (Å²) in [6, 6.07) is 7.74. The molecule has 2 aromatic rings. The predicted octanol–water partition coefficient (Wildman–Crippen LogP) is 2.74. The highest BCUT2D eigenvalue weighted by Crippen LogP contribution is 2.33. The molecular weight excluding hydrogens is 270 g/mol. The van der Waals surface area contributed by atoms with Crippen molar-refractivity contribution in [3.8, 4) is 0 Å². The predicted molar refractivity (Wildman–Crippen MR) is 71.7 cm³/mol. The van der Waals surface area contributed by atoms with Crippen LogP contribution in [0.5, 0.6) is 0 Å². The van der Waals surface area contributed by atoms with Crippen molar-refractivity contribution in [3.05, 3.63) is 46.7 Å². The fourth-order valence-corrected chi connectivity index (χ4v) is 2.81. The largest absolute Gasteiger partial charge is 0.360 e. The van der Waals surface area contributed by atoms with Crippen LogP contribution in [0.1, 0.15) is 16.7 Å². The molecule has 18 heavy (non-hydrogen) atoms. The maximum absolute atomic E-state index is 5.85. The SMILES string of the molecule is Clc1ccc(Cn2cc(C3OCCS3)nn2)cc1. The van der Waals surface area contributed by atoms with Crippen molar-refractivity contribution in [1.29, 1.82) is 0 Å². The number of rotatable bonds is 3. The summed E-state index contributed by atoms with van der Waals surface area (Å²) >= 11 is 7.61. The maximum Gasteiger partial charge on any atom is 0.148 e. The molecule has 1 aliphatic heterocycles. The summed E-state index contributed by atoms with van der Waals surface area (Å²) in [5, 5.41) is 9.02. The minimum absolute atomic E-state index is 0.0453. The van der Waals surface area contributed by atoms with Crippen molar-refractivity contribution in [3.63, 3.8) is 0 Å². The lowest BCUT2D eigenvalue weighted by atomic mass is 10.2. The maximum atomic E-state index is 5.85. The highest BCUT2D eigenvalue weighted by molar-refractivity contribution is 7.99. The normalized spacial score (nSPS) is 19.3. The third-order valence-electron chi connectivity index (χ3n) is 2.68. The van der Waals surface area contributed by atoms with Gasteiger partial charge in [0.05, 0.1) is 19.3 Å². The lowest BCUT2D eigenvalue weighted by molar-refractivity contribution is 0.142. The second-order valence-corrected chi connectivity index (χ2v) is 5.65. The molecule has 94 valence electrons. The number of aromatic nitrogens is 3. The van der Waals surface area contributed by atoms with E-state index in [4.69, 9.17) is 16.3 Å². The molecule has 0 saturated carbocycles. The molecule has 1 unspecified atom stereocenters. The number of nitrogens with zero attached hydrogens (tertiary/aromatic N) is 3. The van der Waals surface area contributed by atoms with Crippen molar-refractivity contribution in [2.45, 2.75) is 12.0 Å². The molecule has 6 heteroatoms. The zero-order valence-corrected chi connectivity index (χ0v) is 11.2. The van der Waals surface area contributed by atoms with Gasteiger partial charge in [-0.05, 0) is 17.7 Å². The summed E-state index contributed by atoms with van der Waals surface area (Å²) in [5.74, 6) is 1.02. The Morgan fingerprint density at radius 1 is 1.39 bits per heavy atom. The van der Waals surface area contributed by atoms with Crippen molar-refractivity contribution in [2.75, 3.05) is 12.4 Å². The molecule has 0 radical (unpaired) electrons. The van der Waals surface area contributed by atoms with Crippen LogP contribution in [0.25, 0.3) is 0 Å². The van der Waals surface area contributed by atoms with Crippen LogP contribution in [0.3, 0.4) is 0 Å². The van der Waals surface area contributed by atoms with Crippen LogP contribution < -0.4 is 0 Å². The Kier molecular flexibility index (Phi) is 3.54. The van der Waals surface area contributed by atoms with Gasteiger partial charge < -0.3 is 4.74 Å². The quantitative estimate of drug-likeness (QED) is 0.867. The van der Waals surface area contributed by atoms with Crippen molar-refractivity contribution in [2.24, 2.45) is 0 Å². The van der Waals surface area contributed by atoms with Gasteiger partial charge in [0.15, 0.2) is 0 Å². The molecule has 0 bridgehead atoms. The van der Waals surface area contributed by atoms with E-state index in [1.54, 1.807) is 11.8 Å². The first-order valence-corrected chi connectivity index (χ1v) is 7.11. The van der Waals surface area contributed by atoms with Gasteiger partial charge in [-0.25, -0.2) is 4.68 Å². The van der Waals surface area contributed by atoms with E-state index in [0.717, 1.165) is 28.6 Å². The van der Waals surface area contributed by atoms with Crippen LogP contribution >= 0.6 is 23.4 Å². The monoisotopic (exact) mass is 281 g/mol. The highest BCUT2D eigenvalue weighted by Gasteiger charge is 2.21. The van der Waals surface area contributed by atoms with Gasteiger partial charge in [-0.2, -0.15) is 0 Å². The second-order valence-electron chi connectivity index (χ2n) is 4.04. The first kappa shape index (κ1) is 12.0. The third kappa shape index (κ3) is 2.68. The van der Waals surface area contributed by atoms with E-state index < -0.39 is 0 Å². The Morgan fingerprint density at radius 3 is 2.94 bits per heavy atom. The van der Waals surface area contributed by atoms with Gasteiger partial charge in [-0.3, -0.25) is 0 Å². The molecule has 0 spiro atoms. The first-order valence-electron chi connectivity index (χ1n) is 5.69. The third-order valence-corrected chi connectivity index (χ3v) is 4.01. The Hall–Kier alpha value is -1.04. The van der Waals surface area contributed by atoms with Crippen LogP contribution in [0.15, 0.2) is 30.5 Å². The molecule has 3 rings (SSSR count). The Bertz CT molecular complexity index is 522. The molecule has 1 atom stereocenters. The molecule has 2 heterocycles. The average molecular weight is 282 g/mol. The van der Waals surface area contributed by atoms with Crippen LogP contribution in [-0.2, 0) is 11.3 Å². The zero-order chi connectivity index (χ0) is 12.4. The molecule has 0 N–H and O–H groups in total. The first-order chi connectivity index (χ1) is 8.81. The molecule has 1 saturated heterocycles. The van der Waals surface area contributed by atoms with Crippen molar-refractivity contribution in [1.82, 2.24) is 15.0 Å². The van der Waals surface area contributed by atoms with Crippen LogP contribution in [-0.4, -0.2) is 27.4 Å². The second kappa shape index (κ2) is 5.30. The fraction of sp³-hybridized carbons (Fsp3) is 0.333. The van der Waals surface area contributed by atoms with Gasteiger partial charge in [-0.15, -0.1) is 16.9 Å². The van der Waals surface area contributed by atoms with E-state index in [9.17, 15) is 0 Å². The average Bonchev–Trinajstić information content (AvgIpc) is 3.02. The van der Waals surface area contributed by atoms with E-state index in [0.29, 0.717) is 6.54 Å². The summed E-state index contributed by atoms with van der Waals surface area (Å²) in [7, 11) is 0. The standard InChI is InChI=1S/C12H12ClN3OS/c13-10-3-1-9(2-4-10)7-16-8-11(14-15-16)12-17-5-6-18-12/h1-4,8,12H,5-7H2. The molecule has 4 nitrogen and oxygen atoms in total. The molecule has 1 fully saturated rings. The topological polar surface area (TPSA) is 39.9 Å². The smallest absolute Gasteiger partial charge is 0.148 e. The van der Waals surface area contributed by atoms with E-state index in [-0.39, 0.29) is 5.44 Å². The Labute approximate surface area is 114 Å². The number of hydrogen-bond acceptors (Lipinski definition) is 4. The summed E-state index contributed by atoms with van der Waals surface area (Å²) < 4.78 is 7.37. The van der Waals surface area contributed by atoms with E-state index in [1.165, 1.54) is 0 Å². The molecule has 1 aromatic carbocycles. The zero-order valence-electron chi connectivity index (χ0n) is 9.62.